The van der Waals surface area contributed by atoms with Gasteiger partial charge in [0.1, 0.15) is 29.1 Å². The van der Waals surface area contributed by atoms with Crippen LogP contribution in [0.5, 0.6) is 0 Å². The zero-order valence-electron chi connectivity index (χ0n) is 12.9. The van der Waals surface area contributed by atoms with Gasteiger partial charge in [-0.2, -0.15) is 10.5 Å². The molecule has 0 fully saturated rings. The number of H-pyrrole nitrogens is 1. The van der Waals surface area contributed by atoms with Crippen LogP contribution in [0.2, 0.25) is 0 Å². The van der Waals surface area contributed by atoms with Crippen molar-refractivity contribution in [1.29, 1.82) is 10.5 Å². The van der Waals surface area contributed by atoms with E-state index in [2.05, 4.69) is 18.8 Å². The van der Waals surface area contributed by atoms with Gasteiger partial charge in [-0.15, -0.1) is 11.8 Å². The molecule has 0 amide bonds. The highest BCUT2D eigenvalue weighted by atomic mass is 32.2. The van der Waals surface area contributed by atoms with Crippen LogP contribution in [0.1, 0.15) is 25.0 Å². The Morgan fingerprint density at radius 3 is 2.48 bits per heavy atom. The molecule has 0 bridgehead atoms. The Balaban J connectivity index is 2.75. The van der Waals surface area contributed by atoms with Gasteiger partial charge in [0.15, 0.2) is 0 Å². The standard InChI is InChI=1S/C17H16N4OS/c1-10(2)9-23-14-6-4-3-5-11(14)15-12(7-18)16(20)21-17(22)13(15)8-19/h3-6,10H,9H2,1-2H3,(H3,20,21,22). The largest absolute Gasteiger partial charge is 0.384 e. The highest BCUT2D eigenvalue weighted by Crippen LogP contribution is 2.36. The minimum absolute atomic E-state index is 0.0184. The zero-order valence-corrected chi connectivity index (χ0v) is 13.7. The fourth-order valence-corrected chi connectivity index (χ4v) is 3.18. The molecule has 0 aliphatic heterocycles. The van der Waals surface area contributed by atoms with E-state index in [0.29, 0.717) is 17.0 Å². The topological polar surface area (TPSA) is 106 Å². The Labute approximate surface area is 138 Å². The number of hydrogen-bond acceptors (Lipinski definition) is 5. The third-order valence-electron chi connectivity index (χ3n) is 3.20. The first-order valence-electron chi connectivity index (χ1n) is 7.07. The highest BCUT2D eigenvalue weighted by Gasteiger charge is 2.20. The van der Waals surface area contributed by atoms with Crippen molar-refractivity contribution >= 4 is 17.6 Å². The quantitative estimate of drug-likeness (QED) is 0.840. The smallest absolute Gasteiger partial charge is 0.268 e. The fraction of sp³-hybridized carbons (Fsp3) is 0.235. The zero-order chi connectivity index (χ0) is 17.0. The van der Waals surface area contributed by atoms with Crippen molar-refractivity contribution in [3.8, 4) is 23.3 Å². The van der Waals surface area contributed by atoms with Crippen LogP contribution in [-0.4, -0.2) is 10.7 Å². The van der Waals surface area contributed by atoms with Gasteiger partial charge in [0.05, 0.1) is 0 Å². The molecule has 0 spiro atoms. The molecule has 6 heteroatoms. The number of aromatic amines is 1. The summed E-state index contributed by atoms with van der Waals surface area (Å²) in [4.78, 5) is 15.3. The number of thioether (sulfide) groups is 1. The number of nitrogens with two attached hydrogens (primary N) is 1. The first-order chi connectivity index (χ1) is 11.0. The molecule has 0 aliphatic rings. The molecule has 0 saturated heterocycles. The summed E-state index contributed by atoms with van der Waals surface area (Å²) < 4.78 is 0. The lowest BCUT2D eigenvalue weighted by molar-refractivity contribution is 0.750. The number of nitriles is 2. The maximum Gasteiger partial charge on any atom is 0.268 e. The van der Waals surface area contributed by atoms with E-state index >= 15 is 0 Å². The van der Waals surface area contributed by atoms with Gasteiger partial charge in [-0.05, 0) is 17.5 Å². The Morgan fingerprint density at radius 1 is 1.22 bits per heavy atom. The maximum absolute atomic E-state index is 12.0. The molecule has 0 radical (unpaired) electrons. The molecule has 5 nitrogen and oxygen atoms in total. The second-order valence-electron chi connectivity index (χ2n) is 5.42. The van der Waals surface area contributed by atoms with Crippen LogP contribution in [-0.2, 0) is 0 Å². The Morgan fingerprint density at radius 2 is 1.87 bits per heavy atom. The van der Waals surface area contributed by atoms with Gasteiger partial charge in [-0.3, -0.25) is 4.79 Å². The summed E-state index contributed by atoms with van der Waals surface area (Å²) in [6.07, 6.45) is 0. The number of aromatic nitrogens is 1. The predicted molar refractivity (Wildman–Crippen MR) is 91.9 cm³/mol. The highest BCUT2D eigenvalue weighted by molar-refractivity contribution is 7.99. The van der Waals surface area contributed by atoms with Gasteiger partial charge in [0.25, 0.3) is 5.56 Å². The van der Waals surface area contributed by atoms with Crippen LogP contribution in [0.4, 0.5) is 5.82 Å². The molecule has 0 aliphatic carbocycles. The molecule has 1 aromatic heterocycles. The molecule has 2 rings (SSSR count). The van der Waals surface area contributed by atoms with Crippen LogP contribution in [0, 0.1) is 28.6 Å². The van der Waals surface area contributed by atoms with Crippen LogP contribution >= 0.6 is 11.8 Å². The summed E-state index contributed by atoms with van der Waals surface area (Å²) in [7, 11) is 0. The molecule has 0 saturated carbocycles. The van der Waals surface area contributed by atoms with E-state index in [1.807, 2.05) is 30.3 Å². The van der Waals surface area contributed by atoms with Crippen LogP contribution in [0.3, 0.4) is 0 Å². The van der Waals surface area contributed by atoms with Gasteiger partial charge in [-0.25, -0.2) is 0 Å². The van der Waals surface area contributed by atoms with Crippen LogP contribution in [0.15, 0.2) is 34.0 Å². The van der Waals surface area contributed by atoms with Gasteiger partial charge in [0, 0.05) is 16.2 Å². The number of rotatable bonds is 4. The summed E-state index contributed by atoms with van der Waals surface area (Å²) in [5.41, 5.74) is 6.22. The summed E-state index contributed by atoms with van der Waals surface area (Å²) in [5.74, 6) is 1.36. The van der Waals surface area contributed by atoms with Crippen molar-refractivity contribution in [2.45, 2.75) is 18.7 Å². The third-order valence-corrected chi connectivity index (χ3v) is 4.70. The number of anilines is 1. The lowest BCUT2D eigenvalue weighted by Gasteiger charge is -2.13. The van der Waals surface area contributed by atoms with E-state index in [9.17, 15) is 15.3 Å². The monoisotopic (exact) mass is 324 g/mol. The van der Waals surface area contributed by atoms with Gasteiger partial charge < -0.3 is 10.7 Å². The molecule has 0 atom stereocenters. The molecule has 0 unspecified atom stereocenters. The summed E-state index contributed by atoms with van der Waals surface area (Å²) >= 11 is 1.63. The molecule has 116 valence electrons. The minimum atomic E-state index is -0.581. The Hall–Kier alpha value is -2.70. The normalized spacial score (nSPS) is 10.3. The van der Waals surface area contributed by atoms with Crippen molar-refractivity contribution in [3.05, 3.63) is 45.7 Å². The number of nitrogens with one attached hydrogen (secondary N) is 1. The Bertz CT molecular complexity index is 872. The molecule has 1 aromatic carbocycles. The van der Waals surface area contributed by atoms with Crippen molar-refractivity contribution in [3.63, 3.8) is 0 Å². The first-order valence-corrected chi connectivity index (χ1v) is 8.06. The SMILES string of the molecule is CC(C)CSc1ccccc1-c1c(C#N)c(N)[nH]c(=O)c1C#N. The van der Waals surface area contributed by atoms with Crippen molar-refractivity contribution in [2.75, 3.05) is 11.5 Å². The van der Waals surface area contributed by atoms with Gasteiger partial charge >= 0.3 is 0 Å². The lowest BCUT2D eigenvalue weighted by atomic mass is 9.96. The molecule has 1 heterocycles. The van der Waals surface area contributed by atoms with E-state index in [0.717, 1.165) is 10.6 Å². The second kappa shape index (κ2) is 7.04. The number of benzene rings is 1. The first kappa shape index (κ1) is 16.7. The predicted octanol–water partition coefficient (Wildman–Crippen LogP) is 3.12. The molecule has 2 aromatic rings. The summed E-state index contributed by atoms with van der Waals surface area (Å²) in [6, 6.07) is 11.3. The molecule has 23 heavy (non-hydrogen) atoms. The number of hydrogen-bond donors (Lipinski definition) is 2. The van der Waals surface area contributed by atoms with Gasteiger partial charge in [0.2, 0.25) is 0 Å². The van der Waals surface area contributed by atoms with E-state index < -0.39 is 5.56 Å². The van der Waals surface area contributed by atoms with E-state index in [-0.39, 0.29) is 16.9 Å². The maximum atomic E-state index is 12.0. The van der Waals surface area contributed by atoms with E-state index in [4.69, 9.17) is 5.73 Å². The second-order valence-corrected chi connectivity index (χ2v) is 6.48. The van der Waals surface area contributed by atoms with Crippen molar-refractivity contribution in [2.24, 2.45) is 5.92 Å². The van der Waals surface area contributed by atoms with Crippen LogP contribution in [0.25, 0.3) is 11.1 Å². The third kappa shape index (κ3) is 3.39. The number of pyridine rings is 1. The molecule has 3 N–H and O–H groups in total. The van der Waals surface area contributed by atoms with Crippen molar-refractivity contribution < 1.29 is 0 Å². The van der Waals surface area contributed by atoms with Gasteiger partial charge in [-0.1, -0.05) is 32.0 Å². The number of nitrogens with zero attached hydrogens (tertiary/aromatic N) is 2. The summed E-state index contributed by atoms with van der Waals surface area (Å²) in [5, 5.41) is 18.8. The fourth-order valence-electron chi connectivity index (χ4n) is 2.17. The van der Waals surface area contributed by atoms with E-state index in [1.54, 1.807) is 17.8 Å². The summed E-state index contributed by atoms with van der Waals surface area (Å²) in [6.45, 7) is 4.23. The molecular formula is C17H16N4OS. The lowest BCUT2D eigenvalue weighted by Crippen LogP contribution is -2.16. The van der Waals surface area contributed by atoms with E-state index in [1.165, 1.54) is 0 Å². The Kier molecular flexibility index (Phi) is 5.10. The van der Waals surface area contributed by atoms with Crippen molar-refractivity contribution in [1.82, 2.24) is 4.98 Å². The minimum Gasteiger partial charge on any atom is -0.384 e. The average molecular weight is 324 g/mol. The average Bonchev–Trinajstić information content (AvgIpc) is 2.52. The number of nitrogen functional groups attached to an aromatic ring is 1. The van der Waals surface area contributed by atoms with Crippen LogP contribution < -0.4 is 11.3 Å². The molecular weight excluding hydrogens is 308 g/mol.